The molecule has 7 heteroatoms. The van der Waals surface area contributed by atoms with Crippen LogP contribution >= 0.6 is 23.2 Å². The van der Waals surface area contributed by atoms with E-state index in [1.54, 1.807) is 6.07 Å². The zero-order valence-electron chi connectivity index (χ0n) is 13.6. The third kappa shape index (κ3) is 3.42. The number of hydrogen-bond acceptors (Lipinski definition) is 3. The Hall–Kier alpha value is -1.59. The van der Waals surface area contributed by atoms with Crippen LogP contribution in [0.15, 0.2) is 23.3 Å². The van der Waals surface area contributed by atoms with Gasteiger partial charge in [-0.2, -0.15) is 0 Å². The van der Waals surface area contributed by atoms with E-state index in [1.807, 2.05) is 4.90 Å². The number of rotatable bonds is 2. The molecule has 0 N–H and O–H groups in total. The van der Waals surface area contributed by atoms with Crippen molar-refractivity contribution >= 4 is 40.0 Å². The summed E-state index contributed by atoms with van der Waals surface area (Å²) < 4.78 is 1.32. The van der Waals surface area contributed by atoms with Crippen LogP contribution in [-0.4, -0.2) is 33.4 Å². The van der Waals surface area contributed by atoms with Crippen LogP contribution < -0.4 is 5.56 Å². The molecule has 3 rings (SSSR count). The highest BCUT2D eigenvalue weighted by atomic mass is 35.5. The molecule has 0 aliphatic carbocycles. The fraction of sp³-hybridized carbons (Fsp3) is 0.471. The minimum Gasteiger partial charge on any atom is -0.341 e. The lowest BCUT2D eigenvalue weighted by Gasteiger charge is -2.35. The van der Waals surface area contributed by atoms with Crippen LogP contribution in [0.25, 0.3) is 10.9 Å². The summed E-state index contributed by atoms with van der Waals surface area (Å²) in [5.41, 5.74) is 0.0887. The average molecular weight is 368 g/mol. The fourth-order valence-corrected chi connectivity index (χ4v) is 3.96. The maximum Gasteiger partial charge on any atom is 0.261 e. The molecule has 0 spiro atoms. The standard InChI is InChI=1S/C17H19Cl2N3O2/c1-10-3-11(2)7-21(6-10)15(23)8-22-9-20-16-13(17(22)24)4-12(18)5-14(16)19/h4-5,9-11H,3,6-8H2,1-2H3/t10-,11+. The number of fused-ring (bicyclic) bond motifs is 1. The van der Waals surface area contributed by atoms with Gasteiger partial charge in [0.1, 0.15) is 6.54 Å². The Kier molecular flexibility index (Phi) is 4.83. The number of likely N-dealkylation sites (tertiary alicyclic amines) is 1. The van der Waals surface area contributed by atoms with E-state index < -0.39 is 0 Å². The Balaban J connectivity index is 1.89. The second-order valence-corrected chi connectivity index (χ2v) is 7.55. The minimum atomic E-state index is -0.309. The molecule has 1 aliphatic heterocycles. The number of carbonyl (C=O) groups excluding carboxylic acids is 1. The zero-order chi connectivity index (χ0) is 17.4. The molecular formula is C17H19Cl2N3O2. The largest absolute Gasteiger partial charge is 0.341 e. The summed E-state index contributed by atoms with van der Waals surface area (Å²) in [6, 6.07) is 3.08. The van der Waals surface area contributed by atoms with Gasteiger partial charge in [-0.15, -0.1) is 0 Å². The van der Waals surface area contributed by atoms with Gasteiger partial charge in [0.05, 0.1) is 22.3 Å². The minimum absolute atomic E-state index is 0.0225. The average Bonchev–Trinajstić information content (AvgIpc) is 2.49. The Labute approximate surface area is 150 Å². The van der Waals surface area contributed by atoms with Gasteiger partial charge in [-0.05, 0) is 30.4 Å². The Morgan fingerprint density at radius 3 is 2.58 bits per heavy atom. The molecule has 1 aromatic carbocycles. The Bertz CT molecular complexity index is 840. The van der Waals surface area contributed by atoms with Crippen molar-refractivity contribution < 1.29 is 4.79 Å². The molecule has 24 heavy (non-hydrogen) atoms. The van der Waals surface area contributed by atoms with Crippen molar-refractivity contribution in [2.24, 2.45) is 11.8 Å². The SMILES string of the molecule is C[C@@H]1C[C@H](C)CN(C(=O)Cn2cnc3c(Cl)cc(Cl)cc3c2=O)C1. The van der Waals surface area contributed by atoms with E-state index in [2.05, 4.69) is 18.8 Å². The molecule has 1 amide bonds. The van der Waals surface area contributed by atoms with Gasteiger partial charge in [0.2, 0.25) is 5.91 Å². The number of benzene rings is 1. The van der Waals surface area contributed by atoms with Gasteiger partial charge in [-0.1, -0.05) is 37.0 Å². The van der Waals surface area contributed by atoms with Crippen LogP contribution in [-0.2, 0) is 11.3 Å². The number of aromatic nitrogens is 2. The summed E-state index contributed by atoms with van der Waals surface area (Å²) in [6.45, 7) is 5.73. The maximum atomic E-state index is 12.6. The van der Waals surface area contributed by atoms with E-state index in [0.29, 0.717) is 32.8 Å². The number of amides is 1. The van der Waals surface area contributed by atoms with Crippen LogP contribution in [0, 0.1) is 11.8 Å². The van der Waals surface area contributed by atoms with Crippen LogP contribution in [0.5, 0.6) is 0 Å². The van der Waals surface area contributed by atoms with E-state index in [-0.39, 0.29) is 18.0 Å². The molecule has 0 radical (unpaired) electrons. The summed E-state index contributed by atoms with van der Waals surface area (Å²) in [5.74, 6) is 0.883. The maximum absolute atomic E-state index is 12.6. The van der Waals surface area contributed by atoms with E-state index in [4.69, 9.17) is 23.2 Å². The summed E-state index contributed by atoms with van der Waals surface area (Å²) in [7, 11) is 0. The van der Waals surface area contributed by atoms with Gasteiger partial charge in [-0.3, -0.25) is 14.2 Å². The van der Waals surface area contributed by atoms with Gasteiger partial charge < -0.3 is 4.90 Å². The molecule has 1 aromatic heterocycles. The fourth-order valence-electron chi connectivity index (χ4n) is 3.42. The van der Waals surface area contributed by atoms with Gasteiger partial charge in [0, 0.05) is 18.1 Å². The van der Waals surface area contributed by atoms with Gasteiger partial charge in [0.25, 0.3) is 5.56 Å². The third-order valence-corrected chi connectivity index (χ3v) is 4.88. The summed E-state index contributed by atoms with van der Waals surface area (Å²) in [5, 5.41) is 1.02. The highest BCUT2D eigenvalue weighted by Crippen LogP contribution is 2.24. The first-order valence-corrected chi connectivity index (χ1v) is 8.72. The number of nitrogens with zero attached hydrogens (tertiary/aromatic N) is 3. The molecule has 1 aliphatic rings. The molecule has 128 valence electrons. The number of piperidine rings is 1. The van der Waals surface area contributed by atoms with Crippen molar-refractivity contribution in [2.45, 2.75) is 26.8 Å². The predicted octanol–water partition coefficient (Wildman–Crippen LogP) is 3.21. The smallest absolute Gasteiger partial charge is 0.261 e. The Morgan fingerprint density at radius 1 is 1.25 bits per heavy atom. The van der Waals surface area contributed by atoms with Crippen LogP contribution in [0.3, 0.4) is 0 Å². The normalized spacial score (nSPS) is 21.2. The molecule has 0 saturated carbocycles. The first kappa shape index (κ1) is 17.2. The molecule has 0 unspecified atom stereocenters. The van der Waals surface area contributed by atoms with Crippen molar-refractivity contribution in [3.63, 3.8) is 0 Å². The predicted molar refractivity (Wildman–Crippen MR) is 95.5 cm³/mol. The topological polar surface area (TPSA) is 55.2 Å². The van der Waals surface area contributed by atoms with Crippen molar-refractivity contribution in [3.8, 4) is 0 Å². The lowest BCUT2D eigenvalue weighted by atomic mass is 9.92. The number of hydrogen-bond donors (Lipinski definition) is 0. The van der Waals surface area contributed by atoms with Crippen LogP contribution in [0.4, 0.5) is 0 Å². The second kappa shape index (κ2) is 6.73. The van der Waals surface area contributed by atoms with E-state index in [0.717, 1.165) is 19.5 Å². The first-order chi connectivity index (χ1) is 11.3. The van der Waals surface area contributed by atoms with Crippen molar-refractivity contribution in [3.05, 3.63) is 38.9 Å². The zero-order valence-corrected chi connectivity index (χ0v) is 15.1. The first-order valence-electron chi connectivity index (χ1n) is 7.97. The molecule has 1 fully saturated rings. The van der Waals surface area contributed by atoms with Crippen molar-refractivity contribution in [1.29, 1.82) is 0 Å². The van der Waals surface area contributed by atoms with Crippen LogP contribution in [0.2, 0.25) is 10.0 Å². The number of halogens is 2. The van der Waals surface area contributed by atoms with Gasteiger partial charge >= 0.3 is 0 Å². The Morgan fingerprint density at radius 2 is 1.92 bits per heavy atom. The lowest BCUT2D eigenvalue weighted by molar-refractivity contribution is -0.134. The quantitative estimate of drug-likeness (QED) is 0.818. The van der Waals surface area contributed by atoms with Gasteiger partial charge in [-0.25, -0.2) is 4.98 Å². The van der Waals surface area contributed by atoms with Crippen molar-refractivity contribution in [1.82, 2.24) is 14.5 Å². The van der Waals surface area contributed by atoms with E-state index in [1.165, 1.54) is 17.0 Å². The third-order valence-electron chi connectivity index (χ3n) is 4.37. The number of carbonyl (C=O) groups is 1. The van der Waals surface area contributed by atoms with Crippen molar-refractivity contribution in [2.75, 3.05) is 13.1 Å². The van der Waals surface area contributed by atoms with E-state index in [9.17, 15) is 9.59 Å². The molecule has 2 aromatic rings. The monoisotopic (exact) mass is 367 g/mol. The molecule has 5 nitrogen and oxygen atoms in total. The summed E-state index contributed by atoms with van der Waals surface area (Å²) >= 11 is 12.0. The highest BCUT2D eigenvalue weighted by molar-refractivity contribution is 6.38. The molecule has 2 atom stereocenters. The molecule has 0 bridgehead atoms. The summed E-state index contributed by atoms with van der Waals surface area (Å²) in [6.07, 6.45) is 2.50. The highest BCUT2D eigenvalue weighted by Gasteiger charge is 2.25. The molecule has 2 heterocycles. The molecular weight excluding hydrogens is 349 g/mol. The lowest BCUT2D eigenvalue weighted by Crippen LogP contribution is -2.44. The second-order valence-electron chi connectivity index (χ2n) is 6.71. The summed E-state index contributed by atoms with van der Waals surface area (Å²) in [4.78, 5) is 31.2. The molecule has 1 saturated heterocycles. The van der Waals surface area contributed by atoms with Crippen LogP contribution in [0.1, 0.15) is 20.3 Å². The van der Waals surface area contributed by atoms with E-state index >= 15 is 0 Å². The van der Waals surface area contributed by atoms with Gasteiger partial charge in [0.15, 0.2) is 0 Å².